The fourth-order valence-electron chi connectivity index (χ4n) is 3.02. The molecule has 1 unspecified atom stereocenters. The zero-order valence-corrected chi connectivity index (χ0v) is 17.4. The van der Waals surface area contributed by atoms with Crippen molar-refractivity contribution in [2.45, 2.75) is 27.7 Å². The second kappa shape index (κ2) is 8.18. The summed E-state index contributed by atoms with van der Waals surface area (Å²) in [5.41, 5.74) is 1.86. The minimum atomic E-state index is -0.330. The standard InChI is InChI=1S/C20H26N4O3S/c1-5-27-20(26)16-11-15-19(28-16)23(9-7-22-15)14-6-8-24(17(21)10-14)18(25)13(4)12(2)3/h6,8,10-13,21-22H,5,7,9H2,1-4H3. The molecule has 8 heteroatoms. The molecule has 0 spiro atoms. The molecule has 150 valence electrons. The fraction of sp³-hybridized carbons (Fsp3) is 0.450. The van der Waals surface area contributed by atoms with Crippen LogP contribution in [0.4, 0.5) is 16.4 Å². The van der Waals surface area contributed by atoms with Gasteiger partial charge in [0.05, 0.1) is 12.3 Å². The van der Waals surface area contributed by atoms with Crippen LogP contribution in [0.15, 0.2) is 24.4 Å². The fourth-order valence-corrected chi connectivity index (χ4v) is 4.09. The Labute approximate surface area is 168 Å². The summed E-state index contributed by atoms with van der Waals surface area (Å²) in [6, 6.07) is 5.36. The summed E-state index contributed by atoms with van der Waals surface area (Å²) in [5, 5.41) is 12.6. The van der Waals surface area contributed by atoms with E-state index in [1.807, 2.05) is 32.9 Å². The Balaban J connectivity index is 1.92. The number of nitrogens with zero attached hydrogens (tertiary/aromatic N) is 2. The third kappa shape index (κ3) is 3.82. The smallest absolute Gasteiger partial charge is 0.348 e. The summed E-state index contributed by atoms with van der Waals surface area (Å²) in [4.78, 5) is 27.3. The van der Waals surface area contributed by atoms with Crippen molar-refractivity contribution >= 4 is 39.6 Å². The molecule has 3 heterocycles. The van der Waals surface area contributed by atoms with Crippen molar-refractivity contribution in [1.29, 1.82) is 5.41 Å². The minimum Gasteiger partial charge on any atom is -0.462 e. The maximum atomic E-state index is 12.6. The molecule has 3 rings (SSSR count). The predicted octanol–water partition coefficient (Wildman–Crippen LogP) is 3.70. The van der Waals surface area contributed by atoms with Gasteiger partial charge in [-0.25, -0.2) is 4.79 Å². The number of rotatable bonds is 5. The number of hydrogen-bond acceptors (Lipinski definition) is 7. The van der Waals surface area contributed by atoms with Crippen molar-refractivity contribution in [3.05, 3.63) is 34.8 Å². The SMILES string of the molecule is CCOC(=O)c1cc2c(s1)N(c1ccn(C(=O)C(C)C(C)C)c(=N)c1)CCN2. The van der Waals surface area contributed by atoms with Crippen molar-refractivity contribution in [2.75, 3.05) is 29.9 Å². The number of pyridine rings is 1. The van der Waals surface area contributed by atoms with Crippen molar-refractivity contribution in [3.63, 3.8) is 0 Å². The van der Waals surface area contributed by atoms with Gasteiger partial charge in [0.2, 0.25) is 5.91 Å². The molecule has 0 saturated carbocycles. The molecule has 2 N–H and O–H groups in total. The zero-order chi connectivity index (χ0) is 20.4. The van der Waals surface area contributed by atoms with Gasteiger partial charge in [-0.15, -0.1) is 11.3 Å². The van der Waals surface area contributed by atoms with E-state index in [4.69, 9.17) is 10.1 Å². The number of carbonyl (C=O) groups excluding carboxylic acids is 2. The lowest BCUT2D eigenvalue weighted by atomic mass is 9.97. The molecule has 1 aliphatic rings. The Kier molecular flexibility index (Phi) is 5.88. The quantitative estimate of drug-likeness (QED) is 0.745. The van der Waals surface area contributed by atoms with Gasteiger partial charge in [-0.3, -0.25) is 14.8 Å². The van der Waals surface area contributed by atoms with Crippen LogP contribution in [0.25, 0.3) is 0 Å². The highest BCUT2D eigenvalue weighted by atomic mass is 32.1. The molecule has 0 fully saturated rings. The van der Waals surface area contributed by atoms with Crippen molar-refractivity contribution in [1.82, 2.24) is 4.57 Å². The maximum Gasteiger partial charge on any atom is 0.348 e. The van der Waals surface area contributed by atoms with Gasteiger partial charge in [-0.1, -0.05) is 20.8 Å². The highest BCUT2D eigenvalue weighted by molar-refractivity contribution is 7.18. The highest BCUT2D eigenvalue weighted by Gasteiger charge is 2.25. The molecule has 7 nitrogen and oxygen atoms in total. The number of hydrogen-bond donors (Lipinski definition) is 2. The Morgan fingerprint density at radius 3 is 2.71 bits per heavy atom. The second-order valence-corrected chi connectivity index (χ2v) is 8.17. The van der Waals surface area contributed by atoms with E-state index in [9.17, 15) is 9.59 Å². The number of thiophene rings is 1. The predicted molar refractivity (Wildman–Crippen MR) is 111 cm³/mol. The molecule has 0 aromatic carbocycles. The van der Waals surface area contributed by atoms with Crippen LogP contribution >= 0.6 is 11.3 Å². The minimum absolute atomic E-state index is 0.0757. The molecule has 1 aliphatic heterocycles. The monoisotopic (exact) mass is 402 g/mol. The Bertz CT molecular complexity index is 947. The normalized spacial score (nSPS) is 14.4. The molecule has 0 saturated heterocycles. The molecule has 0 radical (unpaired) electrons. The van der Waals surface area contributed by atoms with E-state index in [2.05, 4.69) is 10.2 Å². The topological polar surface area (TPSA) is 87.4 Å². The largest absolute Gasteiger partial charge is 0.462 e. The van der Waals surface area contributed by atoms with Gasteiger partial charge in [0.25, 0.3) is 0 Å². The lowest BCUT2D eigenvalue weighted by Gasteiger charge is -2.29. The van der Waals surface area contributed by atoms with Crippen LogP contribution in [0, 0.1) is 17.2 Å². The van der Waals surface area contributed by atoms with Crippen LogP contribution in [0.1, 0.15) is 42.2 Å². The third-order valence-corrected chi connectivity index (χ3v) is 6.10. The van der Waals surface area contributed by atoms with Gasteiger partial charge in [-0.05, 0) is 25.0 Å². The Morgan fingerprint density at radius 1 is 1.32 bits per heavy atom. The summed E-state index contributed by atoms with van der Waals surface area (Å²) in [6.45, 7) is 9.43. The van der Waals surface area contributed by atoms with Gasteiger partial charge in [0.1, 0.15) is 15.4 Å². The molecular formula is C20H26N4O3S. The van der Waals surface area contributed by atoms with Crippen molar-refractivity contribution < 1.29 is 14.3 Å². The third-order valence-electron chi connectivity index (χ3n) is 4.96. The van der Waals surface area contributed by atoms with Gasteiger partial charge >= 0.3 is 5.97 Å². The second-order valence-electron chi connectivity index (χ2n) is 7.14. The Morgan fingerprint density at radius 2 is 2.07 bits per heavy atom. The first-order valence-corrected chi connectivity index (χ1v) is 10.3. The molecular weight excluding hydrogens is 376 g/mol. The number of carbonyl (C=O) groups is 2. The molecule has 0 aliphatic carbocycles. The number of ether oxygens (including phenoxy) is 1. The molecule has 2 aromatic heterocycles. The zero-order valence-electron chi connectivity index (χ0n) is 16.6. The van der Waals surface area contributed by atoms with Crippen LogP contribution in [0.3, 0.4) is 0 Å². The Hall–Kier alpha value is -2.61. The van der Waals surface area contributed by atoms with Crippen LogP contribution in [-0.2, 0) is 4.74 Å². The summed E-state index contributed by atoms with van der Waals surface area (Å²) in [6.07, 6.45) is 1.67. The lowest BCUT2D eigenvalue weighted by Crippen LogP contribution is -2.34. The van der Waals surface area contributed by atoms with Gasteiger partial charge in [-0.2, -0.15) is 0 Å². The lowest BCUT2D eigenvalue weighted by molar-refractivity contribution is 0.0532. The maximum absolute atomic E-state index is 12.6. The van der Waals surface area contributed by atoms with E-state index < -0.39 is 0 Å². The molecule has 2 aromatic rings. The number of esters is 1. The first-order chi connectivity index (χ1) is 13.3. The van der Waals surface area contributed by atoms with Gasteiger partial charge < -0.3 is 15.0 Å². The van der Waals surface area contributed by atoms with Gasteiger partial charge in [0, 0.05) is 37.0 Å². The van der Waals surface area contributed by atoms with Crippen molar-refractivity contribution in [2.24, 2.45) is 11.8 Å². The summed E-state index contributed by atoms with van der Waals surface area (Å²) in [5.74, 6) is -0.352. The first kappa shape index (κ1) is 20.1. The van der Waals surface area contributed by atoms with Gasteiger partial charge in [0.15, 0.2) is 0 Å². The van der Waals surface area contributed by atoms with Crippen LogP contribution < -0.4 is 15.7 Å². The number of anilines is 3. The number of aromatic nitrogens is 1. The molecule has 1 atom stereocenters. The summed E-state index contributed by atoms with van der Waals surface area (Å²) >= 11 is 1.37. The average molecular weight is 403 g/mol. The van der Waals surface area contributed by atoms with Crippen LogP contribution in [0.5, 0.6) is 0 Å². The average Bonchev–Trinajstić information content (AvgIpc) is 3.11. The van der Waals surface area contributed by atoms with E-state index in [1.54, 1.807) is 19.2 Å². The van der Waals surface area contributed by atoms with Crippen molar-refractivity contribution in [3.8, 4) is 0 Å². The summed E-state index contributed by atoms with van der Waals surface area (Å²) < 4.78 is 6.50. The van der Waals surface area contributed by atoms with E-state index in [-0.39, 0.29) is 29.2 Å². The molecule has 28 heavy (non-hydrogen) atoms. The summed E-state index contributed by atoms with van der Waals surface area (Å²) in [7, 11) is 0. The van der Waals surface area contributed by atoms with Crippen LogP contribution in [0.2, 0.25) is 0 Å². The number of nitrogens with one attached hydrogen (secondary N) is 2. The van der Waals surface area contributed by atoms with E-state index in [0.717, 1.165) is 22.9 Å². The highest BCUT2D eigenvalue weighted by Crippen LogP contribution is 2.41. The molecule has 0 bridgehead atoms. The van der Waals surface area contributed by atoms with E-state index >= 15 is 0 Å². The van der Waals surface area contributed by atoms with Crippen LogP contribution in [-0.4, -0.2) is 36.1 Å². The van der Waals surface area contributed by atoms with E-state index in [0.29, 0.717) is 18.0 Å². The molecule has 0 amide bonds. The first-order valence-electron chi connectivity index (χ1n) is 9.47. The van der Waals surface area contributed by atoms with E-state index in [1.165, 1.54) is 15.9 Å². The number of fused-ring (bicyclic) bond motifs is 1.